The van der Waals surface area contributed by atoms with E-state index in [0.717, 1.165) is 25.7 Å². The van der Waals surface area contributed by atoms with Crippen LogP contribution in [0.15, 0.2) is 54.6 Å². The summed E-state index contributed by atoms with van der Waals surface area (Å²) in [5.74, 6) is -0.210. The molecule has 0 saturated carbocycles. The summed E-state index contributed by atoms with van der Waals surface area (Å²) < 4.78 is 0. The highest BCUT2D eigenvalue weighted by molar-refractivity contribution is 5.97. The molecule has 0 fully saturated rings. The van der Waals surface area contributed by atoms with E-state index in [9.17, 15) is 9.59 Å². The van der Waals surface area contributed by atoms with E-state index in [2.05, 4.69) is 17.6 Å². The van der Waals surface area contributed by atoms with Crippen molar-refractivity contribution in [2.45, 2.75) is 32.6 Å². The molecule has 0 saturated heterocycles. The molecule has 0 aliphatic heterocycles. The summed E-state index contributed by atoms with van der Waals surface area (Å²) in [5, 5.41) is 5.80. The fourth-order valence-corrected chi connectivity index (χ4v) is 2.52. The molecule has 0 bridgehead atoms. The average Bonchev–Trinajstić information content (AvgIpc) is 2.66. The van der Waals surface area contributed by atoms with Gasteiger partial charge < -0.3 is 10.6 Å². The number of amides is 2. The minimum Gasteiger partial charge on any atom is -0.352 e. The minimum absolute atomic E-state index is 0.0906. The molecule has 4 heteroatoms. The summed E-state index contributed by atoms with van der Waals surface area (Å²) >= 11 is 0. The van der Waals surface area contributed by atoms with Crippen molar-refractivity contribution in [3.8, 4) is 0 Å². The highest BCUT2D eigenvalue weighted by Gasteiger charge is 2.08. The Morgan fingerprint density at radius 3 is 1.88 bits per heavy atom. The highest BCUT2D eigenvalue weighted by atomic mass is 16.2. The van der Waals surface area contributed by atoms with Crippen LogP contribution >= 0.6 is 0 Å². The lowest BCUT2D eigenvalue weighted by Crippen LogP contribution is -2.26. The van der Waals surface area contributed by atoms with Crippen LogP contribution in [-0.4, -0.2) is 24.9 Å². The van der Waals surface area contributed by atoms with Crippen LogP contribution in [0.3, 0.4) is 0 Å². The van der Waals surface area contributed by atoms with Crippen LogP contribution in [0.5, 0.6) is 0 Å². The molecule has 0 aliphatic rings. The second-order valence-electron chi connectivity index (χ2n) is 6.03. The molecule has 2 aromatic carbocycles. The summed E-state index contributed by atoms with van der Waals surface area (Å²) in [4.78, 5) is 24.2. The van der Waals surface area contributed by atoms with Gasteiger partial charge in [0.2, 0.25) is 0 Å². The van der Waals surface area contributed by atoms with Gasteiger partial charge in [0.05, 0.1) is 0 Å². The van der Waals surface area contributed by atoms with Crippen molar-refractivity contribution in [3.63, 3.8) is 0 Å². The predicted octanol–water partition coefficient (Wildman–Crippen LogP) is 3.58. The van der Waals surface area contributed by atoms with Crippen molar-refractivity contribution in [3.05, 3.63) is 71.3 Å². The number of hydrogen-bond donors (Lipinski definition) is 2. The Hall–Kier alpha value is -2.62. The van der Waals surface area contributed by atoms with E-state index < -0.39 is 0 Å². The quantitative estimate of drug-likeness (QED) is 0.687. The molecule has 2 N–H and O–H groups in total. The largest absolute Gasteiger partial charge is 0.352 e. The summed E-state index contributed by atoms with van der Waals surface area (Å²) in [6.45, 7) is 3.41. The molecule has 0 aromatic heterocycles. The molecule has 2 aromatic rings. The highest BCUT2D eigenvalue weighted by Crippen LogP contribution is 2.05. The van der Waals surface area contributed by atoms with E-state index in [1.54, 1.807) is 24.3 Å². The van der Waals surface area contributed by atoms with Gasteiger partial charge in [0.15, 0.2) is 0 Å². The number of carbonyl (C=O) groups excluding carboxylic acids is 2. The first-order valence-electron chi connectivity index (χ1n) is 8.91. The van der Waals surface area contributed by atoms with Crippen molar-refractivity contribution in [2.24, 2.45) is 0 Å². The van der Waals surface area contributed by atoms with Crippen molar-refractivity contribution < 1.29 is 9.59 Å². The topological polar surface area (TPSA) is 58.2 Å². The molecule has 4 nitrogen and oxygen atoms in total. The molecule has 25 heavy (non-hydrogen) atoms. The van der Waals surface area contributed by atoms with Crippen LogP contribution in [0, 0.1) is 0 Å². The van der Waals surface area contributed by atoms with Crippen LogP contribution < -0.4 is 10.6 Å². The zero-order valence-electron chi connectivity index (χ0n) is 14.8. The van der Waals surface area contributed by atoms with Gasteiger partial charge in [-0.3, -0.25) is 9.59 Å². The zero-order chi connectivity index (χ0) is 17.9. The van der Waals surface area contributed by atoms with Gasteiger partial charge in [-0.2, -0.15) is 0 Å². The minimum atomic E-state index is -0.120. The lowest BCUT2D eigenvalue weighted by molar-refractivity contribution is 0.0941. The van der Waals surface area contributed by atoms with E-state index in [1.807, 2.05) is 30.3 Å². The van der Waals surface area contributed by atoms with Gasteiger partial charge in [0.1, 0.15) is 0 Å². The van der Waals surface area contributed by atoms with Crippen molar-refractivity contribution in [1.82, 2.24) is 10.6 Å². The van der Waals surface area contributed by atoms with Gasteiger partial charge in [-0.15, -0.1) is 0 Å². The number of carbonyl (C=O) groups is 2. The monoisotopic (exact) mass is 338 g/mol. The second-order valence-corrected chi connectivity index (χ2v) is 6.03. The second kappa shape index (κ2) is 10.3. The maximum Gasteiger partial charge on any atom is 0.251 e. The molecule has 0 spiro atoms. The standard InChI is InChI=1S/C21H26N2O2/c1-2-3-7-15-22-20(24)18-10-12-19(13-11-18)21(25)23-16-14-17-8-5-4-6-9-17/h4-6,8-13H,2-3,7,14-16H2,1H3,(H,22,24)(H,23,25). The first-order chi connectivity index (χ1) is 12.2. The van der Waals surface area contributed by atoms with Gasteiger partial charge in [-0.05, 0) is 42.7 Å². The van der Waals surface area contributed by atoms with Crippen LogP contribution in [0.2, 0.25) is 0 Å². The van der Waals surface area contributed by atoms with E-state index in [-0.39, 0.29) is 11.8 Å². The van der Waals surface area contributed by atoms with Crippen molar-refractivity contribution in [2.75, 3.05) is 13.1 Å². The molecular formula is C21H26N2O2. The lowest BCUT2D eigenvalue weighted by Gasteiger charge is -2.07. The first-order valence-corrected chi connectivity index (χ1v) is 8.91. The predicted molar refractivity (Wildman–Crippen MR) is 101 cm³/mol. The lowest BCUT2D eigenvalue weighted by atomic mass is 10.1. The average molecular weight is 338 g/mol. The van der Waals surface area contributed by atoms with Crippen LogP contribution in [0.25, 0.3) is 0 Å². The van der Waals surface area contributed by atoms with E-state index in [0.29, 0.717) is 24.2 Å². The number of benzene rings is 2. The number of unbranched alkanes of at least 4 members (excludes halogenated alkanes) is 2. The Morgan fingerprint density at radius 1 is 0.760 bits per heavy atom. The fraction of sp³-hybridized carbons (Fsp3) is 0.333. The van der Waals surface area contributed by atoms with Crippen LogP contribution in [0.1, 0.15) is 52.5 Å². The summed E-state index contributed by atoms with van der Waals surface area (Å²) in [7, 11) is 0. The van der Waals surface area contributed by atoms with Gasteiger partial charge >= 0.3 is 0 Å². The maximum absolute atomic E-state index is 12.1. The summed E-state index contributed by atoms with van der Waals surface area (Å²) in [6, 6.07) is 16.8. The molecule has 0 atom stereocenters. The third kappa shape index (κ3) is 6.42. The van der Waals surface area contributed by atoms with Crippen molar-refractivity contribution >= 4 is 11.8 Å². The van der Waals surface area contributed by atoms with Gasteiger partial charge in [-0.1, -0.05) is 50.1 Å². The molecular weight excluding hydrogens is 312 g/mol. The third-order valence-electron chi connectivity index (χ3n) is 4.02. The molecule has 2 amide bonds. The maximum atomic E-state index is 12.1. The van der Waals surface area contributed by atoms with Gasteiger partial charge in [0.25, 0.3) is 11.8 Å². The Balaban J connectivity index is 1.78. The molecule has 0 radical (unpaired) electrons. The summed E-state index contributed by atoms with van der Waals surface area (Å²) in [5.41, 5.74) is 2.34. The Kier molecular flexibility index (Phi) is 7.70. The van der Waals surface area contributed by atoms with E-state index in [4.69, 9.17) is 0 Å². The normalized spacial score (nSPS) is 10.3. The number of rotatable bonds is 9. The van der Waals surface area contributed by atoms with Gasteiger partial charge in [0, 0.05) is 24.2 Å². The van der Waals surface area contributed by atoms with Crippen LogP contribution in [-0.2, 0) is 6.42 Å². The molecule has 0 aliphatic carbocycles. The van der Waals surface area contributed by atoms with Crippen LogP contribution in [0.4, 0.5) is 0 Å². The SMILES string of the molecule is CCCCCNC(=O)c1ccc(C(=O)NCCc2ccccc2)cc1. The smallest absolute Gasteiger partial charge is 0.251 e. The molecule has 132 valence electrons. The summed E-state index contributed by atoms with van der Waals surface area (Å²) in [6.07, 6.45) is 4.03. The molecule has 0 unspecified atom stereocenters. The zero-order valence-corrected chi connectivity index (χ0v) is 14.8. The third-order valence-corrected chi connectivity index (χ3v) is 4.02. The van der Waals surface area contributed by atoms with Crippen molar-refractivity contribution in [1.29, 1.82) is 0 Å². The Bertz CT molecular complexity index is 666. The van der Waals surface area contributed by atoms with Gasteiger partial charge in [-0.25, -0.2) is 0 Å². The number of nitrogens with one attached hydrogen (secondary N) is 2. The first kappa shape index (κ1) is 18.7. The Morgan fingerprint density at radius 2 is 1.32 bits per heavy atom. The fourth-order valence-electron chi connectivity index (χ4n) is 2.52. The Labute approximate surface area is 149 Å². The molecule has 2 rings (SSSR count). The molecule has 0 heterocycles. The number of hydrogen-bond acceptors (Lipinski definition) is 2. The van der Waals surface area contributed by atoms with E-state index in [1.165, 1.54) is 5.56 Å². The van der Waals surface area contributed by atoms with E-state index >= 15 is 0 Å².